The number of fused-ring (bicyclic) bond motifs is 3. The maximum atomic E-state index is 13.2. The number of carbonyl (C=O) groups is 5. The summed E-state index contributed by atoms with van der Waals surface area (Å²) in [5.74, 6) is -2.76. The van der Waals surface area contributed by atoms with Gasteiger partial charge in [0, 0.05) is 26.3 Å². The number of hydrogen-bond acceptors (Lipinski definition) is 6. The molecular formula is C19H22N4O6. The fourth-order valence-electron chi connectivity index (χ4n) is 3.72. The minimum absolute atomic E-state index is 0.0645. The van der Waals surface area contributed by atoms with Gasteiger partial charge < -0.3 is 9.64 Å². The summed E-state index contributed by atoms with van der Waals surface area (Å²) < 4.78 is 5.18. The summed E-state index contributed by atoms with van der Waals surface area (Å²) in [6, 6.07) is 6.61. The summed E-state index contributed by atoms with van der Waals surface area (Å²) in [6.07, 6.45) is 0.695. The summed E-state index contributed by atoms with van der Waals surface area (Å²) in [4.78, 5) is 64.3. The maximum absolute atomic E-state index is 13.2. The SMILES string of the molecule is CCCN1C(=O)c2ccccc2N2C(=O)CC[C@]12C(=O)OCC(=O)NNC(C)=O. The Hall–Kier alpha value is -3.43. The smallest absolute Gasteiger partial charge is 0.354 e. The number of ether oxygens (including phenoxy) is 1. The molecule has 1 aromatic carbocycles. The van der Waals surface area contributed by atoms with E-state index in [2.05, 4.69) is 10.9 Å². The van der Waals surface area contributed by atoms with Crippen molar-refractivity contribution in [1.29, 1.82) is 0 Å². The van der Waals surface area contributed by atoms with Crippen LogP contribution in [0.3, 0.4) is 0 Å². The number of benzene rings is 1. The molecule has 0 saturated carbocycles. The fraction of sp³-hybridized carbons (Fsp3) is 0.421. The van der Waals surface area contributed by atoms with Gasteiger partial charge in [-0.2, -0.15) is 0 Å². The molecule has 2 N–H and O–H groups in total. The van der Waals surface area contributed by atoms with Gasteiger partial charge in [-0.25, -0.2) is 4.79 Å². The Labute approximate surface area is 167 Å². The number of nitrogens with one attached hydrogen (secondary N) is 2. The Morgan fingerprint density at radius 1 is 1.17 bits per heavy atom. The van der Waals surface area contributed by atoms with Gasteiger partial charge in [0.1, 0.15) is 0 Å². The fourth-order valence-corrected chi connectivity index (χ4v) is 3.72. The van der Waals surface area contributed by atoms with Gasteiger partial charge in [-0.3, -0.25) is 34.9 Å². The lowest BCUT2D eigenvalue weighted by molar-refractivity contribution is -0.160. The largest absolute Gasteiger partial charge is 0.452 e. The lowest BCUT2D eigenvalue weighted by Crippen LogP contribution is -2.68. The normalized spacial score (nSPS) is 20.1. The van der Waals surface area contributed by atoms with Gasteiger partial charge in [0.15, 0.2) is 6.61 Å². The summed E-state index contributed by atoms with van der Waals surface area (Å²) >= 11 is 0. The molecule has 2 aliphatic heterocycles. The van der Waals surface area contributed by atoms with E-state index in [1.807, 2.05) is 6.92 Å². The topological polar surface area (TPSA) is 125 Å². The Morgan fingerprint density at radius 3 is 2.59 bits per heavy atom. The second-order valence-electron chi connectivity index (χ2n) is 6.83. The highest BCUT2D eigenvalue weighted by Gasteiger charge is 2.61. The van der Waals surface area contributed by atoms with Crippen LogP contribution in [-0.4, -0.2) is 53.3 Å². The highest BCUT2D eigenvalue weighted by atomic mass is 16.5. The summed E-state index contributed by atoms with van der Waals surface area (Å²) in [7, 11) is 0. The van der Waals surface area contributed by atoms with E-state index in [0.717, 1.165) is 0 Å². The predicted octanol–water partition coefficient (Wildman–Crippen LogP) is 0.0860. The van der Waals surface area contributed by atoms with E-state index in [4.69, 9.17) is 4.74 Å². The second kappa shape index (κ2) is 7.90. The van der Waals surface area contributed by atoms with Crippen molar-refractivity contribution in [2.45, 2.75) is 38.8 Å². The third-order valence-electron chi connectivity index (χ3n) is 4.86. The highest BCUT2D eigenvalue weighted by molar-refractivity contribution is 6.15. The molecule has 2 aliphatic rings. The molecule has 1 fully saturated rings. The van der Waals surface area contributed by atoms with Crippen LogP contribution in [-0.2, 0) is 23.9 Å². The molecule has 154 valence electrons. The van der Waals surface area contributed by atoms with Crippen LogP contribution < -0.4 is 15.8 Å². The number of para-hydroxylation sites is 1. The Bertz CT molecular complexity index is 885. The third-order valence-corrected chi connectivity index (χ3v) is 4.86. The zero-order valence-electron chi connectivity index (χ0n) is 16.2. The van der Waals surface area contributed by atoms with Crippen molar-refractivity contribution in [3.63, 3.8) is 0 Å². The first kappa shape index (κ1) is 20.3. The zero-order valence-corrected chi connectivity index (χ0v) is 16.2. The molecule has 3 rings (SSSR count). The van der Waals surface area contributed by atoms with Crippen molar-refractivity contribution in [1.82, 2.24) is 15.8 Å². The van der Waals surface area contributed by atoms with Crippen molar-refractivity contribution in [3.8, 4) is 0 Å². The first-order chi connectivity index (χ1) is 13.8. The lowest BCUT2D eigenvalue weighted by atomic mass is 9.96. The molecular weight excluding hydrogens is 380 g/mol. The molecule has 10 nitrogen and oxygen atoms in total. The third kappa shape index (κ3) is 3.41. The average molecular weight is 402 g/mol. The van der Waals surface area contributed by atoms with Crippen LogP contribution >= 0.6 is 0 Å². The Morgan fingerprint density at radius 2 is 1.90 bits per heavy atom. The molecule has 0 spiro atoms. The van der Waals surface area contributed by atoms with Crippen LogP contribution in [0.4, 0.5) is 5.69 Å². The number of rotatable bonds is 5. The van der Waals surface area contributed by atoms with Gasteiger partial charge in [-0.1, -0.05) is 19.1 Å². The Balaban J connectivity index is 1.93. The number of hydrogen-bond donors (Lipinski definition) is 2. The molecule has 2 heterocycles. The van der Waals surface area contributed by atoms with E-state index >= 15 is 0 Å². The van der Waals surface area contributed by atoms with Crippen LogP contribution in [0.15, 0.2) is 24.3 Å². The zero-order chi connectivity index (χ0) is 21.2. The maximum Gasteiger partial charge on any atom is 0.354 e. The number of carbonyl (C=O) groups excluding carboxylic acids is 5. The van der Waals surface area contributed by atoms with Crippen LogP contribution in [0.1, 0.15) is 43.5 Å². The lowest BCUT2D eigenvalue weighted by Gasteiger charge is -2.48. The molecule has 0 unspecified atom stereocenters. The molecule has 0 aliphatic carbocycles. The number of anilines is 1. The van der Waals surface area contributed by atoms with Gasteiger partial charge in [0.2, 0.25) is 17.5 Å². The highest BCUT2D eigenvalue weighted by Crippen LogP contribution is 2.45. The van der Waals surface area contributed by atoms with E-state index in [1.54, 1.807) is 24.3 Å². The van der Waals surface area contributed by atoms with E-state index in [-0.39, 0.29) is 31.2 Å². The first-order valence-electron chi connectivity index (χ1n) is 9.29. The van der Waals surface area contributed by atoms with Gasteiger partial charge in [0.25, 0.3) is 11.8 Å². The van der Waals surface area contributed by atoms with Crippen molar-refractivity contribution in [2.24, 2.45) is 0 Å². The first-order valence-corrected chi connectivity index (χ1v) is 9.29. The van der Waals surface area contributed by atoms with Crippen molar-refractivity contribution >= 4 is 35.3 Å². The van der Waals surface area contributed by atoms with E-state index in [1.165, 1.54) is 16.7 Å². The minimum atomic E-state index is -1.63. The van der Waals surface area contributed by atoms with Gasteiger partial charge >= 0.3 is 5.97 Å². The van der Waals surface area contributed by atoms with Crippen LogP contribution in [0, 0.1) is 0 Å². The number of esters is 1. The number of amides is 4. The average Bonchev–Trinajstić information content (AvgIpc) is 3.06. The van der Waals surface area contributed by atoms with Crippen molar-refractivity contribution < 1.29 is 28.7 Å². The van der Waals surface area contributed by atoms with Crippen LogP contribution in [0.2, 0.25) is 0 Å². The molecule has 4 amide bonds. The van der Waals surface area contributed by atoms with E-state index in [9.17, 15) is 24.0 Å². The van der Waals surface area contributed by atoms with Crippen molar-refractivity contribution in [2.75, 3.05) is 18.1 Å². The molecule has 1 atom stereocenters. The van der Waals surface area contributed by atoms with E-state index < -0.39 is 30.1 Å². The summed E-state index contributed by atoms with van der Waals surface area (Å²) in [5, 5.41) is 0. The van der Waals surface area contributed by atoms with Crippen LogP contribution in [0.25, 0.3) is 0 Å². The second-order valence-corrected chi connectivity index (χ2v) is 6.83. The molecule has 29 heavy (non-hydrogen) atoms. The molecule has 1 saturated heterocycles. The number of nitrogens with zero attached hydrogens (tertiary/aromatic N) is 2. The standard InChI is InChI=1S/C19H22N4O6/c1-3-10-22-17(27)13-6-4-5-7-14(13)23-16(26)8-9-19(22,23)18(28)29-11-15(25)21-20-12(2)24/h4-7H,3,8-11H2,1-2H3,(H,20,24)(H,21,25)/t19-/m0/s1. The van der Waals surface area contributed by atoms with Gasteiger partial charge in [0.05, 0.1) is 11.3 Å². The van der Waals surface area contributed by atoms with Gasteiger partial charge in [-0.05, 0) is 18.6 Å². The van der Waals surface area contributed by atoms with Crippen LogP contribution in [0.5, 0.6) is 0 Å². The number of hydrazine groups is 1. The monoisotopic (exact) mass is 402 g/mol. The van der Waals surface area contributed by atoms with Gasteiger partial charge in [-0.15, -0.1) is 0 Å². The predicted molar refractivity (Wildman–Crippen MR) is 100 cm³/mol. The van der Waals surface area contributed by atoms with Crippen molar-refractivity contribution in [3.05, 3.63) is 29.8 Å². The summed E-state index contributed by atoms with van der Waals surface area (Å²) in [6.45, 7) is 2.64. The molecule has 10 heteroatoms. The summed E-state index contributed by atoms with van der Waals surface area (Å²) in [5.41, 5.74) is 3.24. The molecule has 1 aromatic rings. The molecule has 0 bridgehead atoms. The van der Waals surface area contributed by atoms with E-state index in [0.29, 0.717) is 17.7 Å². The molecule has 0 aromatic heterocycles. The quantitative estimate of drug-likeness (QED) is 0.531. The Kier molecular flexibility index (Phi) is 5.53. The minimum Gasteiger partial charge on any atom is -0.452 e. The molecule has 0 radical (unpaired) electrons.